The fourth-order valence-electron chi connectivity index (χ4n) is 2.77. The van der Waals surface area contributed by atoms with E-state index in [-0.39, 0.29) is 16.6 Å². The second-order valence-electron chi connectivity index (χ2n) is 6.03. The molecule has 0 unspecified atom stereocenters. The molecule has 10 heteroatoms. The average Bonchev–Trinajstić information content (AvgIpc) is 3.29. The molecule has 142 valence electrons. The Morgan fingerprint density at radius 2 is 2.11 bits per heavy atom. The fraction of sp³-hybridized carbons (Fsp3) is 0.167. The molecule has 0 aromatic carbocycles. The number of carbonyl (C=O) groups excluding carboxylic acids is 1. The fourth-order valence-corrected chi connectivity index (χ4v) is 3.71. The number of thiophene rings is 1. The maximum atomic E-state index is 11.7. The highest BCUT2D eigenvalue weighted by Gasteiger charge is 2.22. The summed E-state index contributed by atoms with van der Waals surface area (Å²) in [5, 5.41) is 4.68. The van der Waals surface area contributed by atoms with Crippen molar-refractivity contribution in [3.8, 4) is 17.4 Å². The highest BCUT2D eigenvalue weighted by molar-refractivity contribution is 7.21. The number of aryl methyl sites for hydroxylation is 1. The molecule has 4 aromatic rings. The smallest absolute Gasteiger partial charge is 0.318 e. The number of hydrogen-bond acceptors (Lipinski definition) is 8. The van der Waals surface area contributed by atoms with E-state index < -0.39 is 5.91 Å². The number of rotatable bonds is 6. The SMILES string of the molecule is Cc1cccc(-c2nc(OCCn3cccn3)nc3sc(C(N)=O)c(N)c23)n1. The molecular formula is C18H17N7O2S. The predicted molar refractivity (Wildman–Crippen MR) is 106 cm³/mol. The summed E-state index contributed by atoms with van der Waals surface area (Å²) in [6.07, 6.45) is 3.54. The van der Waals surface area contributed by atoms with Crippen molar-refractivity contribution in [3.63, 3.8) is 0 Å². The molecule has 0 aliphatic carbocycles. The Bertz CT molecular complexity index is 1150. The lowest BCUT2D eigenvalue weighted by molar-refractivity contribution is 0.100. The number of nitrogen functional groups attached to an aromatic ring is 1. The molecule has 0 aliphatic rings. The molecule has 4 N–H and O–H groups in total. The Hall–Kier alpha value is -3.53. The molecule has 4 aromatic heterocycles. The molecule has 0 bridgehead atoms. The lowest BCUT2D eigenvalue weighted by atomic mass is 10.1. The highest BCUT2D eigenvalue weighted by Crippen LogP contribution is 2.38. The van der Waals surface area contributed by atoms with Gasteiger partial charge in [-0.25, -0.2) is 0 Å². The van der Waals surface area contributed by atoms with Gasteiger partial charge in [-0.3, -0.25) is 14.5 Å². The standard InChI is InChI=1S/C18H17N7O2S/c1-10-4-2-5-11(22-10)14-12-13(19)15(16(20)26)28-17(12)24-18(23-14)27-9-8-25-7-3-6-21-25/h2-7H,8-9,19H2,1H3,(H2,20,26). The average molecular weight is 395 g/mol. The Morgan fingerprint density at radius 3 is 2.82 bits per heavy atom. The number of anilines is 1. The van der Waals surface area contributed by atoms with Crippen molar-refractivity contribution in [2.45, 2.75) is 13.5 Å². The second-order valence-corrected chi connectivity index (χ2v) is 7.02. The van der Waals surface area contributed by atoms with E-state index in [4.69, 9.17) is 16.2 Å². The molecular weight excluding hydrogens is 378 g/mol. The summed E-state index contributed by atoms with van der Waals surface area (Å²) in [7, 11) is 0. The minimum atomic E-state index is -0.607. The van der Waals surface area contributed by atoms with E-state index in [2.05, 4.69) is 20.1 Å². The zero-order valence-electron chi connectivity index (χ0n) is 15.0. The van der Waals surface area contributed by atoms with Gasteiger partial charge in [0.2, 0.25) is 0 Å². The summed E-state index contributed by atoms with van der Waals surface area (Å²) in [5.74, 6) is -0.607. The Kier molecular flexibility index (Phi) is 4.62. The second kappa shape index (κ2) is 7.24. The third kappa shape index (κ3) is 3.37. The van der Waals surface area contributed by atoms with Crippen LogP contribution in [0.4, 0.5) is 5.69 Å². The molecule has 0 saturated carbocycles. The van der Waals surface area contributed by atoms with Crippen LogP contribution in [-0.2, 0) is 6.54 Å². The van der Waals surface area contributed by atoms with Crippen molar-refractivity contribution in [1.29, 1.82) is 0 Å². The Labute approximate surface area is 164 Å². The summed E-state index contributed by atoms with van der Waals surface area (Å²) >= 11 is 1.11. The zero-order chi connectivity index (χ0) is 19.7. The van der Waals surface area contributed by atoms with Gasteiger partial charge in [-0.1, -0.05) is 6.07 Å². The Morgan fingerprint density at radius 1 is 1.25 bits per heavy atom. The van der Waals surface area contributed by atoms with Crippen LogP contribution in [0.5, 0.6) is 6.01 Å². The third-order valence-electron chi connectivity index (χ3n) is 4.03. The van der Waals surface area contributed by atoms with Gasteiger partial charge in [-0.05, 0) is 25.1 Å². The number of ether oxygens (including phenoxy) is 1. The number of nitrogens with zero attached hydrogens (tertiary/aromatic N) is 5. The van der Waals surface area contributed by atoms with E-state index in [1.54, 1.807) is 10.9 Å². The van der Waals surface area contributed by atoms with Gasteiger partial charge in [-0.2, -0.15) is 15.1 Å². The molecule has 4 heterocycles. The highest BCUT2D eigenvalue weighted by atomic mass is 32.1. The van der Waals surface area contributed by atoms with E-state index in [1.807, 2.05) is 37.4 Å². The summed E-state index contributed by atoms with van der Waals surface area (Å²) in [6, 6.07) is 7.60. The summed E-state index contributed by atoms with van der Waals surface area (Å²) in [6.45, 7) is 2.76. The maximum Gasteiger partial charge on any atom is 0.318 e. The number of amides is 1. The van der Waals surface area contributed by atoms with Crippen molar-refractivity contribution in [2.24, 2.45) is 5.73 Å². The predicted octanol–water partition coefficient (Wildman–Crippen LogP) is 2.02. The van der Waals surface area contributed by atoms with Crippen LogP contribution in [0.15, 0.2) is 36.7 Å². The van der Waals surface area contributed by atoms with Gasteiger partial charge in [0.05, 0.1) is 23.3 Å². The van der Waals surface area contributed by atoms with Gasteiger partial charge < -0.3 is 16.2 Å². The van der Waals surface area contributed by atoms with Crippen LogP contribution in [0, 0.1) is 6.92 Å². The summed E-state index contributed by atoms with van der Waals surface area (Å²) in [5.41, 5.74) is 13.8. The van der Waals surface area contributed by atoms with Crippen LogP contribution >= 0.6 is 11.3 Å². The Balaban J connectivity index is 1.78. The van der Waals surface area contributed by atoms with Crippen LogP contribution in [0.25, 0.3) is 21.6 Å². The topological polar surface area (TPSA) is 135 Å². The first-order valence-corrected chi connectivity index (χ1v) is 9.28. The van der Waals surface area contributed by atoms with Crippen LogP contribution < -0.4 is 16.2 Å². The van der Waals surface area contributed by atoms with Gasteiger partial charge in [0, 0.05) is 18.1 Å². The molecule has 0 aliphatic heterocycles. The largest absolute Gasteiger partial charge is 0.461 e. The lowest BCUT2D eigenvalue weighted by Gasteiger charge is -2.08. The van der Waals surface area contributed by atoms with Gasteiger partial charge in [0.25, 0.3) is 5.91 Å². The number of aromatic nitrogens is 5. The first-order valence-electron chi connectivity index (χ1n) is 8.47. The molecule has 0 saturated heterocycles. The maximum absolute atomic E-state index is 11.7. The number of primary amides is 1. The first kappa shape index (κ1) is 17.9. The van der Waals surface area contributed by atoms with Crippen LogP contribution in [-0.4, -0.2) is 37.2 Å². The first-order chi connectivity index (χ1) is 13.5. The molecule has 9 nitrogen and oxygen atoms in total. The molecule has 0 radical (unpaired) electrons. The zero-order valence-corrected chi connectivity index (χ0v) is 15.8. The minimum absolute atomic E-state index is 0.176. The van der Waals surface area contributed by atoms with Gasteiger partial charge in [0.15, 0.2) is 0 Å². The number of fused-ring (bicyclic) bond motifs is 1. The lowest BCUT2D eigenvalue weighted by Crippen LogP contribution is -2.11. The van der Waals surface area contributed by atoms with E-state index in [0.29, 0.717) is 34.8 Å². The number of hydrogen-bond donors (Lipinski definition) is 2. The molecule has 4 rings (SSSR count). The van der Waals surface area contributed by atoms with E-state index in [9.17, 15) is 4.79 Å². The van der Waals surface area contributed by atoms with Crippen LogP contribution in [0.2, 0.25) is 0 Å². The summed E-state index contributed by atoms with van der Waals surface area (Å²) in [4.78, 5) is 25.9. The van der Waals surface area contributed by atoms with Gasteiger partial charge in [-0.15, -0.1) is 11.3 Å². The van der Waals surface area contributed by atoms with Gasteiger partial charge >= 0.3 is 6.01 Å². The van der Waals surface area contributed by atoms with E-state index in [1.165, 1.54) is 0 Å². The monoisotopic (exact) mass is 395 g/mol. The summed E-state index contributed by atoms with van der Waals surface area (Å²) < 4.78 is 7.47. The molecule has 0 spiro atoms. The van der Waals surface area contributed by atoms with Crippen molar-refractivity contribution in [3.05, 3.63) is 47.2 Å². The van der Waals surface area contributed by atoms with Crippen LogP contribution in [0.1, 0.15) is 15.4 Å². The number of pyridine rings is 1. The van der Waals surface area contributed by atoms with Crippen molar-refractivity contribution >= 4 is 33.1 Å². The van der Waals surface area contributed by atoms with E-state index in [0.717, 1.165) is 17.0 Å². The van der Waals surface area contributed by atoms with E-state index >= 15 is 0 Å². The van der Waals surface area contributed by atoms with Crippen molar-refractivity contribution in [1.82, 2.24) is 24.7 Å². The number of carbonyl (C=O) groups is 1. The quantitative estimate of drug-likeness (QED) is 0.510. The van der Waals surface area contributed by atoms with Crippen molar-refractivity contribution in [2.75, 3.05) is 12.3 Å². The molecule has 28 heavy (non-hydrogen) atoms. The molecule has 1 amide bonds. The molecule has 0 atom stereocenters. The normalized spacial score (nSPS) is 11.0. The van der Waals surface area contributed by atoms with Gasteiger partial charge in [0.1, 0.15) is 22.0 Å². The van der Waals surface area contributed by atoms with Crippen molar-refractivity contribution < 1.29 is 9.53 Å². The minimum Gasteiger partial charge on any atom is -0.461 e. The van der Waals surface area contributed by atoms with Crippen LogP contribution in [0.3, 0.4) is 0 Å². The third-order valence-corrected chi connectivity index (χ3v) is 5.15. The number of nitrogens with two attached hydrogens (primary N) is 2. The molecule has 0 fully saturated rings.